The molecule has 1 aromatic rings. The smallest absolute Gasteiger partial charge is 0.322 e. The summed E-state index contributed by atoms with van der Waals surface area (Å²) < 4.78 is 4.75. The van der Waals surface area contributed by atoms with Crippen LogP contribution in [0, 0.1) is 5.92 Å². The van der Waals surface area contributed by atoms with Crippen molar-refractivity contribution in [3.8, 4) is 0 Å². The Kier molecular flexibility index (Phi) is 3.79. The van der Waals surface area contributed by atoms with Crippen LogP contribution >= 0.6 is 0 Å². The molecule has 1 aromatic carbocycles. The van der Waals surface area contributed by atoms with Crippen LogP contribution in [0.2, 0.25) is 0 Å². The number of benzene rings is 1. The summed E-state index contributed by atoms with van der Waals surface area (Å²) in [5.41, 5.74) is 1.26. The van der Waals surface area contributed by atoms with E-state index in [1.54, 1.807) is 0 Å². The van der Waals surface area contributed by atoms with Crippen molar-refractivity contribution in [1.82, 2.24) is 5.32 Å². The Morgan fingerprint density at radius 3 is 2.53 bits per heavy atom. The number of carbonyl (C=O) groups excluding carboxylic acids is 1. The maximum absolute atomic E-state index is 11.4. The standard InChI is InChI=1S/C14H19NO2/c1-10(14(16)17-2)15-13(12-8-9-12)11-6-4-3-5-7-11/h3-7,10,12-13,15H,8-9H2,1-2H3/t10-,13?/m0/s1. The van der Waals surface area contributed by atoms with E-state index in [0.29, 0.717) is 5.92 Å². The topological polar surface area (TPSA) is 38.3 Å². The van der Waals surface area contributed by atoms with E-state index in [4.69, 9.17) is 4.74 Å². The zero-order valence-corrected chi connectivity index (χ0v) is 10.3. The summed E-state index contributed by atoms with van der Waals surface area (Å²) in [6, 6.07) is 10.3. The highest BCUT2D eigenvalue weighted by atomic mass is 16.5. The molecule has 0 saturated heterocycles. The Hall–Kier alpha value is -1.35. The van der Waals surface area contributed by atoms with Crippen molar-refractivity contribution in [3.05, 3.63) is 35.9 Å². The Morgan fingerprint density at radius 1 is 1.35 bits per heavy atom. The average molecular weight is 233 g/mol. The summed E-state index contributed by atoms with van der Waals surface area (Å²) in [7, 11) is 1.43. The quantitative estimate of drug-likeness (QED) is 0.793. The zero-order valence-electron chi connectivity index (χ0n) is 10.3. The van der Waals surface area contributed by atoms with Crippen molar-refractivity contribution >= 4 is 5.97 Å². The van der Waals surface area contributed by atoms with Crippen LogP contribution in [0.25, 0.3) is 0 Å². The summed E-state index contributed by atoms with van der Waals surface area (Å²) in [5, 5.41) is 3.37. The van der Waals surface area contributed by atoms with Gasteiger partial charge in [-0.05, 0) is 31.2 Å². The van der Waals surface area contributed by atoms with Crippen LogP contribution in [0.5, 0.6) is 0 Å². The number of hydrogen-bond acceptors (Lipinski definition) is 3. The predicted octanol–water partition coefficient (Wildman–Crippen LogP) is 2.29. The summed E-state index contributed by atoms with van der Waals surface area (Å²) in [4.78, 5) is 11.4. The van der Waals surface area contributed by atoms with Crippen LogP contribution in [0.1, 0.15) is 31.4 Å². The lowest BCUT2D eigenvalue weighted by atomic mass is 10.0. The fraction of sp³-hybridized carbons (Fsp3) is 0.500. The van der Waals surface area contributed by atoms with Gasteiger partial charge in [-0.2, -0.15) is 0 Å². The third-order valence-electron chi connectivity index (χ3n) is 3.24. The summed E-state index contributed by atoms with van der Waals surface area (Å²) in [6.45, 7) is 1.85. The summed E-state index contributed by atoms with van der Waals surface area (Å²) in [6.07, 6.45) is 2.47. The molecule has 92 valence electrons. The van der Waals surface area contributed by atoms with Gasteiger partial charge in [0.2, 0.25) is 0 Å². The maximum atomic E-state index is 11.4. The molecule has 0 bridgehead atoms. The molecule has 0 radical (unpaired) electrons. The van der Waals surface area contributed by atoms with Crippen LogP contribution in [0.3, 0.4) is 0 Å². The van der Waals surface area contributed by atoms with Crippen LogP contribution in [0.15, 0.2) is 30.3 Å². The summed E-state index contributed by atoms with van der Waals surface area (Å²) in [5.74, 6) is 0.455. The van der Waals surface area contributed by atoms with Crippen molar-refractivity contribution in [2.75, 3.05) is 7.11 Å². The third kappa shape index (κ3) is 3.07. The van der Waals surface area contributed by atoms with E-state index in [1.165, 1.54) is 25.5 Å². The van der Waals surface area contributed by atoms with Gasteiger partial charge in [-0.25, -0.2) is 0 Å². The predicted molar refractivity (Wildman–Crippen MR) is 66.5 cm³/mol. The van der Waals surface area contributed by atoms with Gasteiger partial charge in [0.15, 0.2) is 0 Å². The molecular formula is C14H19NO2. The van der Waals surface area contributed by atoms with E-state index in [-0.39, 0.29) is 18.1 Å². The first-order valence-electron chi connectivity index (χ1n) is 6.11. The molecular weight excluding hydrogens is 214 g/mol. The van der Waals surface area contributed by atoms with Crippen molar-refractivity contribution < 1.29 is 9.53 Å². The lowest BCUT2D eigenvalue weighted by Crippen LogP contribution is -2.38. The van der Waals surface area contributed by atoms with Crippen molar-refractivity contribution in [1.29, 1.82) is 0 Å². The van der Waals surface area contributed by atoms with Gasteiger partial charge in [0.25, 0.3) is 0 Å². The Balaban J connectivity index is 2.06. The molecule has 0 amide bonds. The molecule has 0 heterocycles. The number of nitrogens with one attached hydrogen (secondary N) is 1. The first kappa shape index (κ1) is 12.1. The number of rotatable bonds is 5. The molecule has 1 aliphatic carbocycles. The highest BCUT2D eigenvalue weighted by Crippen LogP contribution is 2.41. The second-order valence-corrected chi connectivity index (χ2v) is 4.64. The molecule has 17 heavy (non-hydrogen) atoms. The van der Waals surface area contributed by atoms with Crippen LogP contribution in [-0.2, 0) is 9.53 Å². The Bertz CT molecular complexity index is 373. The van der Waals surface area contributed by atoms with E-state index in [0.717, 1.165) is 0 Å². The zero-order chi connectivity index (χ0) is 12.3. The number of ether oxygens (including phenoxy) is 1. The van der Waals surface area contributed by atoms with Crippen LogP contribution in [-0.4, -0.2) is 19.1 Å². The SMILES string of the molecule is COC(=O)[C@H](C)NC(c1ccccc1)C1CC1. The monoisotopic (exact) mass is 233 g/mol. The van der Waals surface area contributed by atoms with Gasteiger partial charge in [0.1, 0.15) is 6.04 Å². The van der Waals surface area contributed by atoms with E-state index in [1.807, 2.05) is 25.1 Å². The Labute approximate surface area is 102 Å². The maximum Gasteiger partial charge on any atom is 0.322 e. The minimum atomic E-state index is -0.259. The number of esters is 1. The highest BCUT2D eigenvalue weighted by molar-refractivity contribution is 5.75. The van der Waals surface area contributed by atoms with E-state index >= 15 is 0 Å². The number of methoxy groups -OCH3 is 1. The van der Waals surface area contributed by atoms with Crippen molar-refractivity contribution in [2.45, 2.75) is 31.8 Å². The van der Waals surface area contributed by atoms with E-state index < -0.39 is 0 Å². The lowest BCUT2D eigenvalue weighted by Gasteiger charge is -2.22. The second-order valence-electron chi connectivity index (χ2n) is 4.64. The minimum absolute atomic E-state index is 0.202. The molecule has 3 nitrogen and oxygen atoms in total. The number of hydrogen-bond donors (Lipinski definition) is 1. The molecule has 1 aliphatic rings. The average Bonchev–Trinajstić information content (AvgIpc) is 3.20. The van der Waals surface area contributed by atoms with Gasteiger partial charge in [-0.3, -0.25) is 10.1 Å². The molecule has 1 fully saturated rings. The van der Waals surface area contributed by atoms with Gasteiger partial charge < -0.3 is 4.74 Å². The largest absolute Gasteiger partial charge is 0.468 e. The van der Waals surface area contributed by atoms with Crippen LogP contribution in [0.4, 0.5) is 0 Å². The van der Waals surface area contributed by atoms with Gasteiger partial charge in [0, 0.05) is 6.04 Å². The second kappa shape index (κ2) is 5.32. The molecule has 2 rings (SSSR count). The van der Waals surface area contributed by atoms with Crippen LogP contribution < -0.4 is 5.32 Å². The van der Waals surface area contributed by atoms with Crippen molar-refractivity contribution in [2.24, 2.45) is 5.92 Å². The van der Waals surface area contributed by atoms with Gasteiger partial charge in [-0.15, -0.1) is 0 Å². The molecule has 0 spiro atoms. The van der Waals surface area contributed by atoms with Gasteiger partial charge >= 0.3 is 5.97 Å². The fourth-order valence-electron chi connectivity index (χ4n) is 2.11. The molecule has 1 saturated carbocycles. The van der Waals surface area contributed by atoms with Gasteiger partial charge in [0.05, 0.1) is 7.11 Å². The normalized spacial score (nSPS) is 18.5. The summed E-state index contributed by atoms with van der Waals surface area (Å²) >= 11 is 0. The lowest BCUT2D eigenvalue weighted by molar-refractivity contribution is -0.142. The minimum Gasteiger partial charge on any atom is -0.468 e. The molecule has 2 atom stereocenters. The fourth-order valence-corrected chi connectivity index (χ4v) is 2.11. The molecule has 3 heteroatoms. The Morgan fingerprint density at radius 2 is 2.00 bits per heavy atom. The molecule has 1 unspecified atom stereocenters. The number of carbonyl (C=O) groups is 1. The van der Waals surface area contributed by atoms with E-state index in [9.17, 15) is 4.79 Å². The first-order chi connectivity index (χ1) is 8.22. The highest BCUT2D eigenvalue weighted by Gasteiger charge is 2.34. The van der Waals surface area contributed by atoms with E-state index in [2.05, 4.69) is 17.4 Å². The third-order valence-corrected chi connectivity index (χ3v) is 3.24. The molecule has 1 N–H and O–H groups in total. The molecule has 0 aromatic heterocycles. The van der Waals surface area contributed by atoms with Gasteiger partial charge in [-0.1, -0.05) is 30.3 Å². The van der Waals surface area contributed by atoms with Crippen molar-refractivity contribution in [3.63, 3.8) is 0 Å². The first-order valence-corrected chi connectivity index (χ1v) is 6.11. The molecule has 0 aliphatic heterocycles.